The normalized spacial score (nSPS) is 54.4. The van der Waals surface area contributed by atoms with Crippen LogP contribution in [0, 0.1) is 29.6 Å². The Hall–Kier alpha value is -0.280. The third kappa shape index (κ3) is 2.50. The zero-order valence-corrected chi connectivity index (χ0v) is 12.7. The largest absolute Gasteiger partial charge is 0.248 e. The lowest BCUT2D eigenvalue weighted by molar-refractivity contribution is -0.0667. The monoisotopic (exact) mass is 306 g/mol. The van der Waals surface area contributed by atoms with Crippen molar-refractivity contribution in [3.05, 3.63) is 0 Å². The Kier molecular flexibility index (Phi) is 4.26. The molecule has 0 bridgehead atoms. The molecule has 0 N–H and O–H groups in total. The van der Waals surface area contributed by atoms with Crippen LogP contribution in [-0.2, 0) is 0 Å². The average molecular weight is 306 g/mol. The minimum absolute atomic E-state index is 0.151. The summed E-state index contributed by atoms with van der Waals surface area (Å²) in [5.74, 6) is -0.840. The molecule has 0 amide bonds. The van der Waals surface area contributed by atoms with Gasteiger partial charge in [-0.1, -0.05) is 19.8 Å². The maximum atomic E-state index is 15.4. The fourth-order valence-corrected chi connectivity index (χ4v) is 5.35. The van der Waals surface area contributed by atoms with Crippen molar-refractivity contribution in [3.63, 3.8) is 0 Å². The molecule has 0 saturated heterocycles. The van der Waals surface area contributed by atoms with Crippen molar-refractivity contribution in [2.24, 2.45) is 29.6 Å². The molecule has 6 atom stereocenters. The molecule has 3 saturated carbocycles. The molecule has 0 nitrogen and oxygen atoms in total. The minimum Gasteiger partial charge on any atom is -0.248 e. The Morgan fingerprint density at radius 1 is 0.952 bits per heavy atom. The number of hydrogen-bond acceptors (Lipinski definition) is 0. The van der Waals surface area contributed by atoms with Crippen LogP contribution in [0.5, 0.6) is 0 Å². The van der Waals surface area contributed by atoms with Crippen LogP contribution in [0.25, 0.3) is 0 Å². The predicted octanol–water partition coefficient (Wildman–Crippen LogP) is 5.21. The first-order valence-electron chi connectivity index (χ1n) is 8.50. The quantitative estimate of drug-likeness (QED) is 0.614. The molecule has 0 aliphatic heterocycles. The first-order valence-corrected chi connectivity index (χ1v) is 8.50. The highest BCUT2D eigenvalue weighted by Gasteiger charge is 2.63. The first-order chi connectivity index (χ1) is 9.97. The van der Waals surface area contributed by atoms with Gasteiger partial charge in [0.25, 0.3) is 0 Å². The van der Waals surface area contributed by atoms with Gasteiger partial charge in [0, 0.05) is 5.92 Å². The number of halogens is 4. The molecule has 122 valence electrons. The van der Waals surface area contributed by atoms with Crippen molar-refractivity contribution >= 4 is 0 Å². The summed E-state index contributed by atoms with van der Waals surface area (Å²) in [6.07, 6.45) is 1.70. The van der Waals surface area contributed by atoms with Crippen molar-refractivity contribution < 1.29 is 17.6 Å². The summed E-state index contributed by atoms with van der Waals surface area (Å²) in [6.45, 7) is 1.03. The van der Waals surface area contributed by atoms with E-state index < -0.39 is 36.5 Å². The average Bonchev–Trinajstić information content (AvgIpc) is 2.78. The van der Waals surface area contributed by atoms with Gasteiger partial charge in [-0.3, -0.25) is 0 Å². The Bertz CT molecular complexity index is 366. The van der Waals surface area contributed by atoms with E-state index in [4.69, 9.17) is 0 Å². The van der Waals surface area contributed by atoms with E-state index in [1.165, 1.54) is 0 Å². The summed E-state index contributed by atoms with van der Waals surface area (Å²) in [5, 5.41) is 0. The lowest BCUT2D eigenvalue weighted by Crippen LogP contribution is -2.49. The third-order valence-corrected chi connectivity index (χ3v) is 6.57. The smallest absolute Gasteiger partial charge is 0.148 e. The van der Waals surface area contributed by atoms with E-state index in [1.54, 1.807) is 0 Å². The van der Waals surface area contributed by atoms with E-state index in [0.717, 1.165) is 25.7 Å². The van der Waals surface area contributed by atoms with Gasteiger partial charge in [-0.25, -0.2) is 17.6 Å². The molecular formula is C17H26F4. The van der Waals surface area contributed by atoms with Gasteiger partial charge in [0.15, 0.2) is 0 Å². The highest BCUT2D eigenvalue weighted by Crippen LogP contribution is 2.58. The molecule has 0 radical (unpaired) electrons. The maximum Gasteiger partial charge on any atom is 0.148 e. The molecule has 6 unspecified atom stereocenters. The van der Waals surface area contributed by atoms with E-state index in [1.807, 2.05) is 0 Å². The van der Waals surface area contributed by atoms with Gasteiger partial charge in [0.05, 0.1) is 0 Å². The van der Waals surface area contributed by atoms with Crippen LogP contribution in [-0.4, -0.2) is 24.7 Å². The first kappa shape index (κ1) is 15.6. The highest BCUT2D eigenvalue weighted by molar-refractivity contribution is 5.10. The summed E-state index contributed by atoms with van der Waals surface area (Å²) >= 11 is 0. The van der Waals surface area contributed by atoms with E-state index in [-0.39, 0.29) is 18.3 Å². The van der Waals surface area contributed by atoms with Crippen LogP contribution in [0.1, 0.15) is 51.9 Å². The standard InChI is InChI=1S/C17H26F4/c1-10-2-4-11(5-3-10)13-8-12-6-7-14(19)16(20)15(12)17(13,21)9-18/h10-16H,2-9H2,1H3. The summed E-state index contributed by atoms with van der Waals surface area (Å²) in [7, 11) is 0. The predicted molar refractivity (Wildman–Crippen MR) is 75.0 cm³/mol. The zero-order chi connectivity index (χ0) is 15.2. The number of hydrogen-bond donors (Lipinski definition) is 0. The lowest BCUT2D eigenvalue weighted by atomic mass is 9.69. The molecule has 0 spiro atoms. The van der Waals surface area contributed by atoms with Crippen molar-refractivity contribution in [2.45, 2.75) is 69.9 Å². The number of alkyl halides is 4. The van der Waals surface area contributed by atoms with Gasteiger partial charge in [-0.2, -0.15) is 0 Å². The summed E-state index contributed by atoms with van der Waals surface area (Å²) in [6, 6.07) is 0. The summed E-state index contributed by atoms with van der Waals surface area (Å²) in [4.78, 5) is 0. The highest BCUT2D eigenvalue weighted by atomic mass is 19.2. The van der Waals surface area contributed by atoms with Crippen molar-refractivity contribution in [2.75, 3.05) is 6.67 Å². The van der Waals surface area contributed by atoms with Crippen LogP contribution in [0.15, 0.2) is 0 Å². The minimum atomic E-state index is -2.14. The second-order valence-electron chi connectivity index (χ2n) is 7.75. The summed E-state index contributed by atoms with van der Waals surface area (Å²) < 4.78 is 56.8. The van der Waals surface area contributed by atoms with Crippen molar-refractivity contribution in [1.82, 2.24) is 0 Å². The summed E-state index contributed by atoms with van der Waals surface area (Å²) in [5.41, 5.74) is -2.14. The molecule has 21 heavy (non-hydrogen) atoms. The van der Waals surface area contributed by atoms with Gasteiger partial charge < -0.3 is 0 Å². The topological polar surface area (TPSA) is 0 Å². The second-order valence-corrected chi connectivity index (χ2v) is 7.75. The maximum absolute atomic E-state index is 15.4. The van der Waals surface area contributed by atoms with Crippen LogP contribution in [0.3, 0.4) is 0 Å². The molecule has 3 aliphatic carbocycles. The van der Waals surface area contributed by atoms with Gasteiger partial charge in [-0.05, 0) is 55.8 Å². The van der Waals surface area contributed by atoms with Gasteiger partial charge in [0.2, 0.25) is 0 Å². The Balaban J connectivity index is 1.82. The number of fused-ring (bicyclic) bond motifs is 1. The van der Waals surface area contributed by atoms with Crippen LogP contribution in [0.4, 0.5) is 17.6 Å². The fraction of sp³-hybridized carbons (Fsp3) is 1.00. The van der Waals surface area contributed by atoms with Crippen LogP contribution >= 0.6 is 0 Å². The fourth-order valence-electron chi connectivity index (χ4n) is 5.35. The molecule has 0 heterocycles. The molecule has 3 fully saturated rings. The zero-order valence-electron chi connectivity index (χ0n) is 12.7. The Morgan fingerprint density at radius 3 is 2.19 bits per heavy atom. The van der Waals surface area contributed by atoms with Gasteiger partial charge >= 0.3 is 0 Å². The van der Waals surface area contributed by atoms with Crippen LogP contribution in [0.2, 0.25) is 0 Å². The van der Waals surface area contributed by atoms with E-state index in [9.17, 15) is 13.2 Å². The Labute approximate surface area is 124 Å². The second kappa shape index (κ2) is 5.73. The molecular weight excluding hydrogens is 280 g/mol. The molecule has 0 aromatic rings. The molecule has 0 aromatic carbocycles. The molecule has 3 aliphatic rings. The van der Waals surface area contributed by atoms with Crippen molar-refractivity contribution in [1.29, 1.82) is 0 Å². The van der Waals surface area contributed by atoms with Gasteiger partial charge in [0.1, 0.15) is 24.7 Å². The van der Waals surface area contributed by atoms with E-state index in [0.29, 0.717) is 18.8 Å². The molecule has 0 aromatic heterocycles. The molecule has 3 rings (SSSR count). The third-order valence-electron chi connectivity index (χ3n) is 6.57. The molecule has 4 heteroatoms. The van der Waals surface area contributed by atoms with Crippen molar-refractivity contribution in [3.8, 4) is 0 Å². The van der Waals surface area contributed by atoms with Crippen LogP contribution < -0.4 is 0 Å². The SMILES string of the molecule is CC1CCC(C2CC3CCC(F)C(F)C3C2(F)CF)CC1. The van der Waals surface area contributed by atoms with Gasteiger partial charge in [-0.15, -0.1) is 0 Å². The van der Waals surface area contributed by atoms with E-state index >= 15 is 4.39 Å². The Morgan fingerprint density at radius 2 is 1.57 bits per heavy atom. The lowest BCUT2D eigenvalue weighted by Gasteiger charge is -2.40. The number of rotatable bonds is 2. The van der Waals surface area contributed by atoms with E-state index in [2.05, 4.69) is 6.92 Å².